The lowest BCUT2D eigenvalue weighted by molar-refractivity contribution is 0.0242. The normalized spacial score (nSPS) is 18.6. The fraction of sp³-hybridized carbons (Fsp3) is 0.556. The van der Waals surface area contributed by atoms with Crippen LogP contribution in [0.2, 0.25) is 0 Å². The molecule has 0 bridgehead atoms. The zero-order valence-electron chi connectivity index (χ0n) is 14.4. The van der Waals surface area contributed by atoms with Crippen molar-refractivity contribution in [2.45, 2.75) is 45.9 Å². The van der Waals surface area contributed by atoms with E-state index >= 15 is 0 Å². The van der Waals surface area contributed by atoms with Crippen molar-refractivity contribution in [3.8, 4) is 0 Å². The maximum Gasteiger partial charge on any atom is 0.410 e. The van der Waals surface area contributed by atoms with Crippen LogP contribution in [0, 0.1) is 0 Å². The SMILES string of the molecule is CN1CC=C(c2cc3c(cn2)CN(C(=O)OC(C)(C)C)C3)CC1. The van der Waals surface area contributed by atoms with Gasteiger partial charge in [-0.25, -0.2) is 4.79 Å². The fourth-order valence-electron chi connectivity index (χ4n) is 2.92. The smallest absolute Gasteiger partial charge is 0.410 e. The van der Waals surface area contributed by atoms with Gasteiger partial charge in [0.05, 0.1) is 12.2 Å². The second kappa shape index (κ2) is 5.96. The van der Waals surface area contributed by atoms with Gasteiger partial charge in [-0.2, -0.15) is 0 Å². The predicted octanol–water partition coefficient (Wildman–Crippen LogP) is 3.05. The Bertz CT molecular complexity index is 646. The molecule has 3 rings (SSSR count). The Morgan fingerprint density at radius 3 is 2.65 bits per heavy atom. The number of likely N-dealkylation sites (N-methyl/N-ethyl adjacent to an activating group) is 1. The molecule has 0 saturated carbocycles. The van der Waals surface area contributed by atoms with Crippen molar-refractivity contribution in [1.82, 2.24) is 14.8 Å². The third-order valence-corrected chi connectivity index (χ3v) is 4.20. The standard InChI is InChI=1S/C18H25N3O2/c1-18(2,3)23-17(22)21-11-14-9-16(19-10-15(14)12-21)13-5-7-20(4)8-6-13/h5,9-10H,6-8,11-12H2,1-4H3. The summed E-state index contributed by atoms with van der Waals surface area (Å²) in [5, 5.41) is 0. The molecule has 1 aromatic heterocycles. The van der Waals surface area contributed by atoms with E-state index in [1.54, 1.807) is 4.90 Å². The van der Waals surface area contributed by atoms with Gasteiger partial charge in [-0.1, -0.05) is 6.08 Å². The molecule has 1 aromatic rings. The summed E-state index contributed by atoms with van der Waals surface area (Å²) in [7, 11) is 2.13. The van der Waals surface area contributed by atoms with Crippen LogP contribution in [-0.2, 0) is 17.8 Å². The quantitative estimate of drug-likeness (QED) is 0.799. The van der Waals surface area contributed by atoms with Crippen molar-refractivity contribution in [2.75, 3.05) is 20.1 Å². The number of carbonyl (C=O) groups is 1. The first-order valence-corrected chi connectivity index (χ1v) is 8.15. The van der Waals surface area contributed by atoms with Crippen molar-refractivity contribution in [1.29, 1.82) is 0 Å². The number of nitrogens with zero attached hydrogens (tertiary/aromatic N) is 3. The molecule has 0 aromatic carbocycles. The van der Waals surface area contributed by atoms with Crippen molar-refractivity contribution in [3.05, 3.63) is 35.2 Å². The molecule has 2 aliphatic heterocycles. The summed E-state index contributed by atoms with van der Waals surface area (Å²) in [6, 6.07) is 2.14. The number of ether oxygens (including phenoxy) is 1. The monoisotopic (exact) mass is 315 g/mol. The molecule has 2 aliphatic rings. The average molecular weight is 315 g/mol. The lowest BCUT2D eigenvalue weighted by atomic mass is 10.0. The highest BCUT2D eigenvalue weighted by Crippen LogP contribution is 2.28. The van der Waals surface area contributed by atoms with Gasteiger partial charge in [0.2, 0.25) is 0 Å². The molecule has 0 saturated heterocycles. The second-order valence-electron chi connectivity index (χ2n) is 7.42. The molecule has 0 aliphatic carbocycles. The van der Waals surface area contributed by atoms with Gasteiger partial charge < -0.3 is 9.64 Å². The van der Waals surface area contributed by atoms with E-state index in [4.69, 9.17) is 4.74 Å². The molecule has 5 nitrogen and oxygen atoms in total. The minimum Gasteiger partial charge on any atom is -0.444 e. The van der Waals surface area contributed by atoms with Crippen LogP contribution in [0.15, 0.2) is 18.3 Å². The first-order valence-electron chi connectivity index (χ1n) is 8.15. The van der Waals surface area contributed by atoms with E-state index in [0.717, 1.165) is 30.8 Å². The van der Waals surface area contributed by atoms with Gasteiger partial charge in [-0.15, -0.1) is 0 Å². The number of rotatable bonds is 1. The molecule has 124 valence electrons. The van der Waals surface area contributed by atoms with E-state index in [1.165, 1.54) is 11.1 Å². The summed E-state index contributed by atoms with van der Waals surface area (Å²) < 4.78 is 5.46. The van der Waals surface area contributed by atoms with Crippen molar-refractivity contribution in [3.63, 3.8) is 0 Å². The van der Waals surface area contributed by atoms with Crippen LogP contribution in [0.4, 0.5) is 4.79 Å². The second-order valence-corrected chi connectivity index (χ2v) is 7.42. The van der Waals surface area contributed by atoms with Crippen molar-refractivity contribution >= 4 is 11.7 Å². The summed E-state index contributed by atoms with van der Waals surface area (Å²) in [4.78, 5) is 20.9. The number of fused-ring (bicyclic) bond motifs is 1. The highest BCUT2D eigenvalue weighted by atomic mass is 16.6. The Morgan fingerprint density at radius 1 is 1.26 bits per heavy atom. The van der Waals surface area contributed by atoms with Crippen LogP contribution in [-0.4, -0.2) is 46.6 Å². The first-order chi connectivity index (χ1) is 10.8. The maximum absolute atomic E-state index is 12.2. The van der Waals surface area contributed by atoms with Crippen LogP contribution in [0.3, 0.4) is 0 Å². The van der Waals surface area contributed by atoms with Crippen LogP contribution < -0.4 is 0 Å². The topological polar surface area (TPSA) is 45.7 Å². The molecule has 0 atom stereocenters. The molecular formula is C18H25N3O2. The Hall–Kier alpha value is -1.88. The Kier molecular flexibility index (Phi) is 4.15. The Balaban J connectivity index is 1.73. The van der Waals surface area contributed by atoms with Gasteiger partial charge in [0.1, 0.15) is 5.60 Å². The number of aromatic nitrogens is 1. The minimum absolute atomic E-state index is 0.256. The molecule has 3 heterocycles. The average Bonchev–Trinajstić information content (AvgIpc) is 2.89. The molecule has 1 amide bonds. The van der Waals surface area contributed by atoms with Gasteiger partial charge >= 0.3 is 6.09 Å². The number of pyridine rings is 1. The zero-order valence-corrected chi connectivity index (χ0v) is 14.4. The lowest BCUT2D eigenvalue weighted by Crippen LogP contribution is -2.33. The van der Waals surface area contributed by atoms with E-state index in [9.17, 15) is 4.79 Å². The minimum atomic E-state index is -0.464. The van der Waals surface area contributed by atoms with Crippen LogP contribution >= 0.6 is 0 Å². The lowest BCUT2D eigenvalue weighted by Gasteiger charge is -2.24. The number of amides is 1. The highest BCUT2D eigenvalue weighted by Gasteiger charge is 2.28. The van der Waals surface area contributed by atoms with Gasteiger partial charge in [0.25, 0.3) is 0 Å². The van der Waals surface area contributed by atoms with E-state index < -0.39 is 5.60 Å². The molecule has 0 radical (unpaired) electrons. The third-order valence-electron chi connectivity index (χ3n) is 4.20. The molecule has 5 heteroatoms. The molecular weight excluding hydrogens is 290 g/mol. The van der Waals surface area contributed by atoms with E-state index in [-0.39, 0.29) is 6.09 Å². The first kappa shape index (κ1) is 16.0. The highest BCUT2D eigenvalue weighted by molar-refractivity contribution is 5.70. The fourth-order valence-corrected chi connectivity index (χ4v) is 2.92. The summed E-state index contributed by atoms with van der Waals surface area (Å²) in [6.07, 6.45) is 4.93. The number of hydrogen-bond acceptors (Lipinski definition) is 4. The summed E-state index contributed by atoms with van der Waals surface area (Å²) >= 11 is 0. The van der Waals surface area contributed by atoms with Crippen LogP contribution in [0.1, 0.15) is 44.0 Å². The van der Waals surface area contributed by atoms with E-state index in [1.807, 2.05) is 27.0 Å². The van der Waals surface area contributed by atoms with Gasteiger partial charge in [0, 0.05) is 25.8 Å². The molecule has 0 spiro atoms. The van der Waals surface area contributed by atoms with Gasteiger partial charge in [-0.3, -0.25) is 9.88 Å². The van der Waals surface area contributed by atoms with E-state index in [2.05, 4.69) is 29.1 Å². The van der Waals surface area contributed by atoms with Gasteiger partial charge in [0.15, 0.2) is 0 Å². The zero-order chi connectivity index (χ0) is 16.6. The Labute approximate surface area is 137 Å². The molecule has 23 heavy (non-hydrogen) atoms. The predicted molar refractivity (Wildman–Crippen MR) is 89.8 cm³/mol. The van der Waals surface area contributed by atoms with Gasteiger partial charge in [-0.05, 0) is 57.0 Å². The molecule has 0 unspecified atom stereocenters. The summed E-state index contributed by atoms with van der Waals surface area (Å²) in [5.41, 5.74) is 4.19. The number of hydrogen-bond donors (Lipinski definition) is 0. The summed E-state index contributed by atoms with van der Waals surface area (Å²) in [6.45, 7) is 8.89. The third kappa shape index (κ3) is 3.72. The van der Waals surface area contributed by atoms with Crippen LogP contribution in [0.5, 0.6) is 0 Å². The molecule has 0 N–H and O–H groups in total. The van der Waals surface area contributed by atoms with Crippen molar-refractivity contribution in [2.24, 2.45) is 0 Å². The largest absolute Gasteiger partial charge is 0.444 e. The Morgan fingerprint density at radius 2 is 2.00 bits per heavy atom. The van der Waals surface area contributed by atoms with Crippen molar-refractivity contribution < 1.29 is 9.53 Å². The maximum atomic E-state index is 12.2. The number of carbonyl (C=O) groups excluding carboxylic acids is 1. The van der Waals surface area contributed by atoms with Crippen LogP contribution in [0.25, 0.3) is 5.57 Å². The molecule has 0 fully saturated rings. The van der Waals surface area contributed by atoms with E-state index in [0.29, 0.717) is 13.1 Å². The summed E-state index contributed by atoms with van der Waals surface area (Å²) in [5.74, 6) is 0.